The van der Waals surface area contributed by atoms with E-state index < -0.39 is 0 Å². The topological polar surface area (TPSA) is 71.0 Å². The number of carbonyl (C=O) groups is 2. The van der Waals surface area contributed by atoms with Gasteiger partial charge < -0.3 is 10.1 Å². The molecule has 1 N–H and O–H groups in total. The van der Waals surface area contributed by atoms with E-state index in [2.05, 4.69) is 24.3 Å². The molecule has 35 heavy (non-hydrogen) atoms. The molecule has 1 heterocycles. The van der Waals surface area contributed by atoms with E-state index in [1.54, 1.807) is 0 Å². The van der Waals surface area contributed by atoms with Crippen LogP contribution in [0.2, 0.25) is 0 Å². The van der Waals surface area contributed by atoms with Crippen molar-refractivity contribution in [1.82, 2.24) is 10.3 Å². The van der Waals surface area contributed by atoms with Gasteiger partial charge in [0, 0.05) is 12.1 Å². The van der Waals surface area contributed by atoms with Gasteiger partial charge in [-0.05, 0) is 47.9 Å². The molecule has 2 amide bonds. The fourth-order valence-corrected chi connectivity index (χ4v) is 4.97. The number of ether oxygens (including phenoxy) is 1. The summed E-state index contributed by atoms with van der Waals surface area (Å²) in [5.41, 5.74) is 2.83. The summed E-state index contributed by atoms with van der Waals surface area (Å²) in [6.45, 7) is 5.40. The van der Waals surface area contributed by atoms with Crippen molar-refractivity contribution in [2.75, 3.05) is 13.2 Å². The summed E-state index contributed by atoms with van der Waals surface area (Å²) < 4.78 is 5.54. The SMILES string of the molecule is CCC(C)C(C(=O)NCC1CCCCC1)c1ccc(CN2N=C(c3ccccc3)OCC2=O)cc1. The Morgan fingerprint density at radius 1 is 1.09 bits per heavy atom. The van der Waals surface area contributed by atoms with Crippen LogP contribution in [0, 0.1) is 11.8 Å². The predicted octanol–water partition coefficient (Wildman–Crippen LogP) is 5.23. The normalized spacial score (nSPS) is 18.4. The Bertz CT molecular complexity index is 1010. The molecule has 6 heteroatoms. The largest absolute Gasteiger partial charge is 0.466 e. The third-order valence-corrected chi connectivity index (χ3v) is 7.31. The number of benzene rings is 2. The highest BCUT2D eigenvalue weighted by atomic mass is 16.5. The molecule has 4 rings (SSSR count). The van der Waals surface area contributed by atoms with E-state index in [9.17, 15) is 9.59 Å². The maximum Gasteiger partial charge on any atom is 0.281 e. The van der Waals surface area contributed by atoms with Crippen molar-refractivity contribution in [3.63, 3.8) is 0 Å². The second-order valence-electron chi connectivity index (χ2n) is 9.87. The van der Waals surface area contributed by atoms with Crippen LogP contribution in [0.4, 0.5) is 0 Å². The van der Waals surface area contributed by atoms with Crippen molar-refractivity contribution < 1.29 is 14.3 Å². The van der Waals surface area contributed by atoms with Gasteiger partial charge in [-0.2, -0.15) is 0 Å². The van der Waals surface area contributed by atoms with Crippen LogP contribution in [0.3, 0.4) is 0 Å². The lowest BCUT2D eigenvalue weighted by atomic mass is 9.84. The van der Waals surface area contributed by atoms with Crippen molar-refractivity contribution in [2.45, 2.75) is 64.8 Å². The van der Waals surface area contributed by atoms with Gasteiger partial charge in [-0.3, -0.25) is 9.59 Å². The van der Waals surface area contributed by atoms with Crippen LogP contribution >= 0.6 is 0 Å². The minimum atomic E-state index is -0.176. The summed E-state index contributed by atoms with van der Waals surface area (Å²) in [4.78, 5) is 25.6. The molecule has 1 fully saturated rings. The van der Waals surface area contributed by atoms with Crippen molar-refractivity contribution in [2.24, 2.45) is 16.9 Å². The van der Waals surface area contributed by atoms with Gasteiger partial charge in [0.05, 0.1) is 12.5 Å². The van der Waals surface area contributed by atoms with Crippen LogP contribution in [-0.2, 0) is 20.9 Å². The van der Waals surface area contributed by atoms with Gasteiger partial charge in [-0.25, -0.2) is 5.01 Å². The van der Waals surface area contributed by atoms with E-state index in [0.717, 1.165) is 29.7 Å². The predicted molar refractivity (Wildman–Crippen MR) is 138 cm³/mol. The van der Waals surface area contributed by atoms with Gasteiger partial charge in [-0.15, -0.1) is 5.10 Å². The number of hydrogen-bond acceptors (Lipinski definition) is 4. The lowest BCUT2D eigenvalue weighted by Crippen LogP contribution is -2.36. The van der Waals surface area contributed by atoms with Crippen molar-refractivity contribution in [3.8, 4) is 0 Å². The summed E-state index contributed by atoms with van der Waals surface area (Å²) in [5, 5.41) is 9.15. The first kappa shape index (κ1) is 25.0. The summed E-state index contributed by atoms with van der Waals surface area (Å²) in [6.07, 6.45) is 7.25. The van der Waals surface area contributed by atoms with E-state index in [1.807, 2.05) is 54.6 Å². The summed E-state index contributed by atoms with van der Waals surface area (Å²) >= 11 is 0. The van der Waals surface area contributed by atoms with Crippen LogP contribution in [0.1, 0.15) is 75.0 Å². The lowest BCUT2D eigenvalue weighted by molar-refractivity contribution is -0.136. The Morgan fingerprint density at radius 3 is 2.49 bits per heavy atom. The number of amides is 2. The van der Waals surface area contributed by atoms with Crippen molar-refractivity contribution >= 4 is 17.7 Å². The third-order valence-electron chi connectivity index (χ3n) is 7.31. The molecule has 0 radical (unpaired) electrons. The van der Waals surface area contributed by atoms with Crippen LogP contribution in [0.5, 0.6) is 0 Å². The first-order valence-electron chi connectivity index (χ1n) is 13.0. The van der Waals surface area contributed by atoms with E-state index >= 15 is 0 Å². The minimum absolute atomic E-state index is 0.0247. The molecule has 186 valence electrons. The molecule has 2 aromatic rings. The van der Waals surface area contributed by atoms with Gasteiger partial charge in [0.15, 0.2) is 6.61 Å². The molecule has 0 aromatic heterocycles. The molecule has 0 saturated heterocycles. The highest BCUT2D eigenvalue weighted by Crippen LogP contribution is 2.29. The first-order chi connectivity index (χ1) is 17.0. The Balaban J connectivity index is 1.43. The zero-order chi connectivity index (χ0) is 24.6. The molecule has 1 aliphatic carbocycles. The van der Waals surface area contributed by atoms with Crippen LogP contribution in [-0.4, -0.2) is 35.9 Å². The Morgan fingerprint density at radius 2 is 1.80 bits per heavy atom. The van der Waals surface area contributed by atoms with E-state index in [0.29, 0.717) is 18.4 Å². The number of hydrogen-bond donors (Lipinski definition) is 1. The van der Waals surface area contributed by atoms with Gasteiger partial charge in [0.1, 0.15) is 0 Å². The molecule has 6 nitrogen and oxygen atoms in total. The maximum absolute atomic E-state index is 13.2. The quantitative estimate of drug-likeness (QED) is 0.540. The number of nitrogens with zero attached hydrogens (tertiary/aromatic N) is 2. The third kappa shape index (κ3) is 6.50. The molecular formula is C29H37N3O3. The molecule has 1 aliphatic heterocycles. The monoisotopic (exact) mass is 475 g/mol. The van der Waals surface area contributed by atoms with Gasteiger partial charge in [0.25, 0.3) is 5.91 Å². The summed E-state index contributed by atoms with van der Waals surface area (Å²) in [6, 6.07) is 17.6. The fraction of sp³-hybridized carbons (Fsp3) is 0.483. The lowest BCUT2D eigenvalue weighted by Gasteiger charge is -2.26. The number of rotatable bonds is 9. The summed E-state index contributed by atoms with van der Waals surface area (Å²) in [5.74, 6) is 1.08. The second kappa shape index (κ2) is 12.0. The zero-order valence-corrected chi connectivity index (χ0v) is 20.9. The van der Waals surface area contributed by atoms with E-state index in [1.165, 1.54) is 37.1 Å². The summed E-state index contributed by atoms with van der Waals surface area (Å²) in [7, 11) is 0. The van der Waals surface area contributed by atoms with Gasteiger partial charge in [-0.1, -0.05) is 82.0 Å². The molecule has 2 atom stereocenters. The highest BCUT2D eigenvalue weighted by molar-refractivity contribution is 5.97. The molecule has 2 aromatic carbocycles. The van der Waals surface area contributed by atoms with Crippen LogP contribution < -0.4 is 5.32 Å². The van der Waals surface area contributed by atoms with E-state index in [-0.39, 0.29) is 30.3 Å². The molecule has 0 bridgehead atoms. The van der Waals surface area contributed by atoms with E-state index in [4.69, 9.17) is 4.74 Å². The van der Waals surface area contributed by atoms with Gasteiger partial charge >= 0.3 is 0 Å². The molecule has 2 unspecified atom stereocenters. The Kier molecular flexibility index (Phi) is 8.56. The van der Waals surface area contributed by atoms with Crippen LogP contribution in [0.15, 0.2) is 59.7 Å². The zero-order valence-electron chi connectivity index (χ0n) is 20.9. The highest BCUT2D eigenvalue weighted by Gasteiger charge is 2.27. The van der Waals surface area contributed by atoms with Crippen molar-refractivity contribution in [1.29, 1.82) is 0 Å². The molecule has 2 aliphatic rings. The number of hydrazone groups is 1. The maximum atomic E-state index is 13.2. The van der Waals surface area contributed by atoms with Crippen molar-refractivity contribution in [3.05, 3.63) is 71.3 Å². The van der Waals surface area contributed by atoms with Crippen LogP contribution in [0.25, 0.3) is 0 Å². The Hall–Kier alpha value is -3.15. The first-order valence-corrected chi connectivity index (χ1v) is 13.0. The molecular weight excluding hydrogens is 438 g/mol. The minimum Gasteiger partial charge on any atom is -0.466 e. The Labute approximate surface area is 208 Å². The molecule has 0 spiro atoms. The molecule has 1 saturated carbocycles. The number of carbonyl (C=O) groups excluding carboxylic acids is 2. The fourth-order valence-electron chi connectivity index (χ4n) is 4.97. The number of nitrogens with one attached hydrogen (secondary N) is 1. The standard InChI is InChI=1S/C29H37N3O3/c1-3-21(2)27(28(34)30-18-22-10-6-4-7-11-22)24-16-14-23(15-17-24)19-32-26(33)20-35-29(31-32)25-12-8-5-9-13-25/h5,8-9,12-17,21-22,27H,3-4,6-7,10-11,18-20H2,1-2H3,(H,30,34). The smallest absolute Gasteiger partial charge is 0.281 e. The average Bonchev–Trinajstić information content (AvgIpc) is 2.91. The average molecular weight is 476 g/mol. The second-order valence-corrected chi connectivity index (χ2v) is 9.87. The van der Waals surface area contributed by atoms with Gasteiger partial charge in [0.2, 0.25) is 11.8 Å².